The zero-order chi connectivity index (χ0) is 34.6. The molecule has 0 saturated carbocycles. The number of pyridine rings is 1. The van der Waals surface area contributed by atoms with E-state index in [1.54, 1.807) is 0 Å². The van der Waals surface area contributed by atoms with E-state index >= 15 is 0 Å². The number of benzene rings is 7. The van der Waals surface area contributed by atoms with E-state index < -0.39 is 0 Å². The molecule has 4 nitrogen and oxygen atoms in total. The van der Waals surface area contributed by atoms with Gasteiger partial charge in [0.05, 0.1) is 45.6 Å². The van der Waals surface area contributed by atoms with Crippen LogP contribution < -0.4 is 0 Å². The van der Waals surface area contributed by atoms with Gasteiger partial charge < -0.3 is 4.57 Å². The zero-order valence-corrected chi connectivity index (χ0v) is 28.1. The summed E-state index contributed by atoms with van der Waals surface area (Å²) >= 11 is 0. The number of hydrogen-bond acceptors (Lipinski definition) is 2. The molecule has 3 aromatic heterocycles. The standard InChI is InChI=1S/C48H30N4/c49-30-32-19-21-35(22-20-32)40-29-48(52-44-18-10-8-16-39(44)42-28-37(24-26-46(42)52)34-13-5-2-6-14-34)50-31-47(40)51-43-17-9-7-15-38(43)41-27-36(23-25-45(41)51)33-11-3-1-4-12-33/h1-29,31H. The lowest BCUT2D eigenvalue weighted by Gasteiger charge is -2.16. The quantitative estimate of drug-likeness (QED) is 0.184. The van der Waals surface area contributed by atoms with Crippen LogP contribution >= 0.6 is 0 Å². The molecule has 242 valence electrons. The minimum Gasteiger partial charge on any atom is -0.307 e. The molecule has 0 radical (unpaired) electrons. The van der Waals surface area contributed by atoms with Crippen LogP contribution in [0, 0.1) is 11.3 Å². The minimum absolute atomic E-state index is 0.626. The second kappa shape index (κ2) is 12.0. The lowest BCUT2D eigenvalue weighted by Crippen LogP contribution is -2.03. The van der Waals surface area contributed by atoms with Crippen molar-refractivity contribution in [3.63, 3.8) is 0 Å². The predicted molar refractivity (Wildman–Crippen MR) is 214 cm³/mol. The molecule has 0 aliphatic rings. The molecule has 7 aromatic carbocycles. The summed E-state index contributed by atoms with van der Waals surface area (Å²) in [4.78, 5) is 5.25. The van der Waals surface area contributed by atoms with Gasteiger partial charge in [-0.25, -0.2) is 4.98 Å². The lowest BCUT2D eigenvalue weighted by atomic mass is 10.0. The van der Waals surface area contributed by atoms with Crippen molar-refractivity contribution in [1.82, 2.24) is 14.1 Å². The highest BCUT2D eigenvalue weighted by molar-refractivity contribution is 6.12. The van der Waals surface area contributed by atoms with E-state index in [-0.39, 0.29) is 0 Å². The van der Waals surface area contributed by atoms with Crippen molar-refractivity contribution >= 4 is 43.6 Å². The average molecular weight is 663 g/mol. The van der Waals surface area contributed by atoms with Crippen molar-refractivity contribution in [2.45, 2.75) is 0 Å². The Balaban J connectivity index is 1.23. The molecule has 0 aliphatic heterocycles. The Labute approximate surface area is 300 Å². The van der Waals surface area contributed by atoms with Crippen molar-refractivity contribution in [3.8, 4) is 51.0 Å². The minimum atomic E-state index is 0.626. The molecule has 3 heterocycles. The smallest absolute Gasteiger partial charge is 0.138 e. The van der Waals surface area contributed by atoms with Crippen LogP contribution in [0.5, 0.6) is 0 Å². The van der Waals surface area contributed by atoms with Gasteiger partial charge in [0.2, 0.25) is 0 Å². The molecule has 0 spiro atoms. The molecule has 0 amide bonds. The maximum absolute atomic E-state index is 9.64. The van der Waals surface area contributed by atoms with Crippen molar-refractivity contribution in [3.05, 3.63) is 188 Å². The van der Waals surface area contributed by atoms with Gasteiger partial charge in [0.15, 0.2) is 0 Å². The van der Waals surface area contributed by atoms with Crippen LogP contribution in [-0.2, 0) is 0 Å². The number of rotatable bonds is 5. The first-order valence-corrected chi connectivity index (χ1v) is 17.4. The number of hydrogen-bond donors (Lipinski definition) is 0. The second-order valence-electron chi connectivity index (χ2n) is 13.1. The summed E-state index contributed by atoms with van der Waals surface area (Å²) in [7, 11) is 0. The maximum atomic E-state index is 9.64. The Hall–Kier alpha value is -7.22. The van der Waals surface area contributed by atoms with Gasteiger partial charge in [-0.05, 0) is 82.4 Å². The second-order valence-corrected chi connectivity index (χ2v) is 13.1. The fourth-order valence-corrected chi connectivity index (χ4v) is 7.77. The monoisotopic (exact) mass is 662 g/mol. The molecular formula is C48H30N4. The first-order valence-electron chi connectivity index (χ1n) is 17.4. The molecule has 4 heteroatoms. The number of aromatic nitrogens is 3. The van der Waals surface area contributed by atoms with Crippen LogP contribution in [0.3, 0.4) is 0 Å². The molecule has 10 aromatic rings. The van der Waals surface area contributed by atoms with E-state index in [9.17, 15) is 5.26 Å². The molecular weight excluding hydrogens is 633 g/mol. The molecule has 0 bridgehead atoms. The van der Waals surface area contributed by atoms with Crippen molar-refractivity contribution in [1.29, 1.82) is 5.26 Å². The Morgan fingerprint density at radius 2 is 0.885 bits per heavy atom. The maximum Gasteiger partial charge on any atom is 0.138 e. The largest absolute Gasteiger partial charge is 0.307 e. The van der Waals surface area contributed by atoms with Gasteiger partial charge in [-0.1, -0.05) is 121 Å². The highest BCUT2D eigenvalue weighted by Crippen LogP contribution is 2.40. The van der Waals surface area contributed by atoms with Gasteiger partial charge in [-0.15, -0.1) is 0 Å². The summed E-state index contributed by atoms with van der Waals surface area (Å²) < 4.78 is 4.61. The first-order chi connectivity index (χ1) is 25.7. The molecule has 52 heavy (non-hydrogen) atoms. The van der Waals surface area contributed by atoms with E-state index in [0.717, 1.165) is 44.7 Å². The fourth-order valence-electron chi connectivity index (χ4n) is 7.77. The Morgan fingerprint density at radius 3 is 1.46 bits per heavy atom. The van der Waals surface area contributed by atoms with Gasteiger partial charge in [-0.2, -0.15) is 5.26 Å². The van der Waals surface area contributed by atoms with E-state index in [2.05, 4.69) is 167 Å². The lowest BCUT2D eigenvalue weighted by molar-refractivity contribution is 1.06. The molecule has 0 saturated heterocycles. The van der Waals surface area contributed by atoms with E-state index in [1.165, 1.54) is 43.8 Å². The third kappa shape index (κ3) is 4.72. The topological polar surface area (TPSA) is 46.5 Å². The van der Waals surface area contributed by atoms with Gasteiger partial charge >= 0.3 is 0 Å². The summed E-state index contributed by atoms with van der Waals surface area (Å²) in [6, 6.07) is 64.0. The molecule has 0 fully saturated rings. The van der Waals surface area contributed by atoms with Gasteiger partial charge in [-0.3, -0.25) is 4.57 Å². The van der Waals surface area contributed by atoms with Crippen LogP contribution in [0.4, 0.5) is 0 Å². The average Bonchev–Trinajstić information content (AvgIpc) is 3.73. The van der Waals surface area contributed by atoms with Crippen LogP contribution in [0.25, 0.3) is 88.5 Å². The van der Waals surface area contributed by atoms with Gasteiger partial charge in [0.25, 0.3) is 0 Å². The number of nitriles is 1. The molecule has 0 aliphatic carbocycles. The Bertz CT molecular complexity index is 3000. The number of fused-ring (bicyclic) bond motifs is 6. The fraction of sp³-hybridized carbons (Fsp3) is 0. The predicted octanol–water partition coefficient (Wildman–Crippen LogP) is 12.1. The number of para-hydroxylation sites is 2. The van der Waals surface area contributed by atoms with E-state index in [1.807, 2.05) is 30.5 Å². The summed E-state index contributed by atoms with van der Waals surface area (Å²) in [5.74, 6) is 0.828. The Kier molecular flexibility index (Phi) is 6.84. The van der Waals surface area contributed by atoms with Crippen LogP contribution in [0.1, 0.15) is 5.56 Å². The van der Waals surface area contributed by atoms with Crippen molar-refractivity contribution in [2.75, 3.05) is 0 Å². The van der Waals surface area contributed by atoms with E-state index in [0.29, 0.717) is 5.56 Å². The summed E-state index contributed by atoms with van der Waals surface area (Å²) in [5.41, 5.74) is 12.8. The van der Waals surface area contributed by atoms with Crippen molar-refractivity contribution in [2.24, 2.45) is 0 Å². The molecule has 10 rings (SSSR count). The summed E-state index contributed by atoms with van der Waals surface area (Å²) in [6.07, 6.45) is 2.01. The summed E-state index contributed by atoms with van der Waals surface area (Å²) in [5, 5.41) is 14.4. The Morgan fingerprint density at radius 1 is 0.404 bits per heavy atom. The highest BCUT2D eigenvalue weighted by atomic mass is 15.1. The van der Waals surface area contributed by atoms with Crippen LogP contribution in [-0.4, -0.2) is 14.1 Å². The first kappa shape index (κ1) is 29.7. The SMILES string of the molecule is N#Cc1ccc(-c2cc(-n3c4ccccc4c4cc(-c5ccccc5)ccc43)ncc2-n2c3ccccc3c3cc(-c4ccccc4)ccc32)cc1. The van der Waals surface area contributed by atoms with E-state index in [4.69, 9.17) is 4.98 Å². The van der Waals surface area contributed by atoms with Gasteiger partial charge in [0, 0.05) is 27.1 Å². The third-order valence-corrected chi connectivity index (χ3v) is 10.2. The molecule has 0 unspecified atom stereocenters. The van der Waals surface area contributed by atoms with Crippen LogP contribution in [0.15, 0.2) is 182 Å². The van der Waals surface area contributed by atoms with Crippen molar-refractivity contribution < 1.29 is 0 Å². The molecule has 0 atom stereocenters. The highest BCUT2D eigenvalue weighted by Gasteiger charge is 2.20. The molecule has 0 N–H and O–H groups in total. The van der Waals surface area contributed by atoms with Crippen LogP contribution in [0.2, 0.25) is 0 Å². The normalized spacial score (nSPS) is 11.4. The zero-order valence-electron chi connectivity index (χ0n) is 28.1. The number of nitrogens with zero attached hydrogens (tertiary/aromatic N) is 4. The van der Waals surface area contributed by atoms with Gasteiger partial charge in [0.1, 0.15) is 5.82 Å². The summed E-state index contributed by atoms with van der Waals surface area (Å²) in [6.45, 7) is 0. The third-order valence-electron chi connectivity index (χ3n) is 10.2.